The van der Waals surface area contributed by atoms with E-state index in [1.54, 1.807) is 0 Å². The first-order valence-corrected chi connectivity index (χ1v) is 12.9. The molecule has 0 unspecified atom stereocenters. The molecule has 0 radical (unpaired) electrons. The molecule has 3 fully saturated rings. The average Bonchev–Trinajstić information content (AvgIpc) is 3.00. The monoisotopic (exact) mass is 398 g/mol. The van der Waals surface area contributed by atoms with Gasteiger partial charge in [0.15, 0.2) is 5.78 Å². The molecule has 0 amide bonds. The summed E-state index contributed by atoms with van der Waals surface area (Å²) in [5, 5.41) is 0. The van der Waals surface area contributed by atoms with Crippen LogP contribution in [0.3, 0.4) is 0 Å². The molecule has 1 heteroatoms. The highest BCUT2D eigenvalue weighted by atomic mass is 16.1. The zero-order chi connectivity index (χ0) is 21.0. The van der Waals surface area contributed by atoms with Crippen LogP contribution in [0.2, 0.25) is 0 Å². The van der Waals surface area contributed by atoms with Gasteiger partial charge in [-0.2, -0.15) is 0 Å². The second kappa shape index (κ2) is 7.83. The molecule has 8 atom stereocenters. The molecule has 0 bridgehead atoms. The maximum absolute atomic E-state index is 12.2. The van der Waals surface area contributed by atoms with Gasteiger partial charge in [-0.1, -0.05) is 66.4 Å². The fourth-order valence-electron chi connectivity index (χ4n) is 9.01. The van der Waals surface area contributed by atoms with Crippen LogP contribution in [0.4, 0.5) is 0 Å². The summed E-state index contributed by atoms with van der Waals surface area (Å²) in [6.07, 6.45) is 15.3. The second-order valence-electron chi connectivity index (χ2n) is 12.5. The van der Waals surface area contributed by atoms with Crippen LogP contribution in [-0.2, 0) is 4.79 Å². The number of rotatable bonds is 5. The fraction of sp³-hybridized carbons (Fsp3) is 0.893. The van der Waals surface area contributed by atoms with Gasteiger partial charge in [0.25, 0.3) is 0 Å². The molecule has 4 rings (SSSR count). The maximum Gasteiger partial charge on any atom is 0.155 e. The highest BCUT2D eigenvalue weighted by Gasteiger charge is 2.60. The van der Waals surface area contributed by atoms with Crippen molar-refractivity contribution in [2.45, 2.75) is 106 Å². The minimum absolute atomic E-state index is 0.304. The number of carbonyl (C=O) groups excluding carboxylic acids is 1. The molecule has 29 heavy (non-hydrogen) atoms. The van der Waals surface area contributed by atoms with Crippen LogP contribution in [0.15, 0.2) is 11.6 Å². The second-order valence-corrected chi connectivity index (χ2v) is 12.5. The summed E-state index contributed by atoms with van der Waals surface area (Å²) in [5.41, 5.74) is 2.40. The van der Waals surface area contributed by atoms with Gasteiger partial charge in [-0.15, -0.1) is 0 Å². The lowest BCUT2D eigenvalue weighted by atomic mass is 9.45. The zero-order valence-electron chi connectivity index (χ0n) is 20.1. The van der Waals surface area contributed by atoms with Gasteiger partial charge in [0, 0.05) is 6.42 Å². The molecule has 1 nitrogen and oxygen atoms in total. The summed E-state index contributed by atoms with van der Waals surface area (Å²) < 4.78 is 0. The number of hydrogen-bond acceptors (Lipinski definition) is 1. The molecule has 0 aromatic carbocycles. The predicted molar refractivity (Wildman–Crippen MR) is 123 cm³/mol. The van der Waals surface area contributed by atoms with Crippen LogP contribution >= 0.6 is 0 Å². The molecule has 0 aliphatic heterocycles. The fourth-order valence-corrected chi connectivity index (χ4v) is 9.01. The quantitative estimate of drug-likeness (QED) is 0.461. The van der Waals surface area contributed by atoms with Crippen molar-refractivity contribution < 1.29 is 4.79 Å². The number of allylic oxidation sites excluding steroid dienone is 1. The van der Waals surface area contributed by atoms with Gasteiger partial charge >= 0.3 is 0 Å². The zero-order valence-corrected chi connectivity index (χ0v) is 20.1. The third-order valence-corrected chi connectivity index (χ3v) is 10.5. The summed E-state index contributed by atoms with van der Waals surface area (Å²) in [7, 11) is 0. The standard InChI is InChI=1S/C28H46O/c1-18(2)8-7-9-19(3)23-10-11-24-22-16-20(4)26-17-21(29)12-14-28(26,6)25(22)13-15-27(23,24)5/h17-20,22-25H,7-16H2,1-6H3/t19-,20-,22+,23-,24+,25+,27-,28-/m1/s1. The molecular weight excluding hydrogens is 352 g/mol. The lowest BCUT2D eigenvalue weighted by Gasteiger charge is -2.60. The number of fused-ring (bicyclic) bond motifs is 5. The first kappa shape index (κ1) is 21.6. The summed E-state index contributed by atoms with van der Waals surface area (Å²) in [6, 6.07) is 0. The van der Waals surface area contributed by atoms with Crippen LogP contribution in [0.1, 0.15) is 106 Å². The van der Waals surface area contributed by atoms with Crippen LogP contribution in [0.5, 0.6) is 0 Å². The number of ketones is 1. The van der Waals surface area contributed by atoms with Gasteiger partial charge in [0.05, 0.1) is 0 Å². The van der Waals surface area contributed by atoms with Gasteiger partial charge in [-0.05, 0) is 96.9 Å². The molecule has 3 saturated carbocycles. The van der Waals surface area contributed by atoms with E-state index in [9.17, 15) is 4.79 Å². The Bertz CT molecular complexity index is 659. The summed E-state index contributed by atoms with van der Waals surface area (Å²) in [5.74, 6) is 6.32. The minimum atomic E-state index is 0.304. The molecule has 0 spiro atoms. The van der Waals surface area contributed by atoms with Crippen molar-refractivity contribution in [3.8, 4) is 0 Å². The van der Waals surface area contributed by atoms with E-state index in [1.165, 1.54) is 56.9 Å². The van der Waals surface area contributed by atoms with Crippen molar-refractivity contribution in [2.24, 2.45) is 52.3 Å². The normalized spacial score (nSPS) is 45.4. The minimum Gasteiger partial charge on any atom is -0.295 e. The van der Waals surface area contributed by atoms with Crippen molar-refractivity contribution >= 4 is 5.78 Å². The lowest BCUT2D eigenvalue weighted by molar-refractivity contribution is -0.118. The Kier molecular flexibility index (Phi) is 5.84. The van der Waals surface area contributed by atoms with E-state index < -0.39 is 0 Å². The van der Waals surface area contributed by atoms with Crippen LogP contribution in [0, 0.1) is 52.3 Å². The van der Waals surface area contributed by atoms with Crippen LogP contribution in [-0.4, -0.2) is 5.78 Å². The molecule has 4 aliphatic carbocycles. The first-order chi connectivity index (χ1) is 13.7. The third-order valence-electron chi connectivity index (χ3n) is 10.5. The van der Waals surface area contributed by atoms with Crippen molar-refractivity contribution in [1.82, 2.24) is 0 Å². The summed E-state index contributed by atoms with van der Waals surface area (Å²) >= 11 is 0. The van der Waals surface area contributed by atoms with Crippen molar-refractivity contribution in [2.75, 3.05) is 0 Å². The topological polar surface area (TPSA) is 17.1 Å². The van der Waals surface area contributed by atoms with Crippen molar-refractivity contribution in [1.29, 1.82) is 0 Å². The highest BCUT2D eigenvalue weighted by molar-refractivity contribution is 5.91. The van der Waals surface area contributed by atoms with Crippen LogP contribution in [0.25, 0.3) is 0 Å². The Morgan fingerprint density at radius 3 is 2.52 bits per heavy atom. The van der Waals surface area contributed by atoms with Gasteiger partial charge in [-0.25, -0.2) is 0 Å². The van der Waals surface area contributed by atoms with Crippen LogP contribution < -0.4 is 0 Å². The maximum atomic E-state index is 12.2. The largest absolute Gasteiger partial charge is 0.295 e. The molecular formula is C28H46O. The number of hydrogen-bond donors (Lipinski definition) is 0. The van der Waals surface area contributed by atoms with Gasteiger partial charge in [0.1, 0.15) is 0 Å². The third kappa shape index (κ3) is 3.57. The predicted octanol–water partition coefficient (Wildman–Crippen LogP) is 7.84. The first-order valence-electron chi connectivity index (χ1n) is 12.9. The molecule has 0 aromatic heterocycles. The van der Waals surface area contributed by atoms with E-state index in [-0.39, 0.29) is 0 Å². The Balaban J connectivity index is 1.53. The number of carbonyl (C=O) groups is 1. The summed E-state index contributed by atoms with van der Waals surface area (Å²) in [6.45, 7) is 14.9. The Morgan fingerprint density at radius 2 is 1.79 bits per heavy atom. The van der Waals surface area contributed by atoms with Gasteiger partial charge < -0.3 is 0 Å². The molecule has 0 N–H and O–H groups in total. The molecule has 0 heterocycles. The molecule has 4 aliphatic rings. The average molecular weight is 399 g/mol. The molecule has 0 saturated heterocycles. The van der Waals surface area contributed by atoms with E-state index in [0.717, 1.165) is 48.3 Å². The van der Waals surface area contributed by atoms with E-state index in [4.69, 9.17) is 0 Å². The smallest absolute Gasteiger partial charge is 0.155 e. The SMILES string of the molecule is CC(C)CCC[C@@H](C)[C@H]1CC[C@H]2[C@@H]3C[C@@H](C)C4=CC(=O)CC[C@]4(C)[C@H]3CC[C@]12C. The highest BCUT2D eigenvalue weighted by Crippen LogP contribution is 2.68. The van der Waals surface area contributed by atoms with E-state index in [2.05, 4.69) is 47.6 Å². The van der Waals surface area contributed by atoms with Crippen molar-refractivity contribution in [3.63, 3.8) is 0 Å². The van der Waals surface area contributed by atoms with Crippen molar-refractivity contribution in [3.05, 3.63) is 11.6 Å². The van der Waals surface area contributed by atoms with E-state index in [0.29, 0.717) is 22.5 Å². The molecule has 164 valence electrons. The van der Waals surface area contributed by atoms with Gasteiger partial charge in [-0.3, -0.25) is 4.79 Å². The Morgan fingerprint density at radius 1 is 1.03 bits per heavy atom. The Hall–Kier alpha value is -0.590. The summed E-state index contributed by atoms with van der Waals surface area (Å²) in [4.78, 5) is 12.2. The Labute approximate surface area is 180 Å². The van der Waals surface area contributed by atoms with Gasteiger partial charge in [0.2, 0.25) is 0 Å². The van der Waals surface area contributed by atoms with E-state index >= 15 is 0 Å². The lowest BCUT2D eigenvalue weighted by Crippen LogP contribution is -2.52. The van der Waals surface area contributed by atoms with E-state index in [1.807, 2.05) is 0 Å². The molecule has 0 aromatic rings.